The summed E-state index contributed by atoms with van der Waals surface area (Å²) in [5.41, 5.74) is 2.02. The highest BCUT2D eigenvalue weighted by molar-refractivity contribution is 5.79. The molecule has 1 fully saturated rings. The zero-order valence-electron chi connectivity index (χ0n) is 16.1. The molecule has 144 valence electrons. The summed E-state index contributed by atoms with van der Waals surface area (Å²) >= 11 is 0. The molecule has 0 aliphatic carbocycles. The molecule has 2 aromatic carbocycles. The molecule has 1 unspecified atom stereocenters. The maximum atomic E-state index is 12.6. The number of benzene rings is 2. The number of hydrogen-bond donors (Lipinski definition) is 1. The summed E-state index contributed by atoms with van der Waals surface area (Å²) in [5, 5.41) is 3.12. The Balaban J connectivity index is 1.70. The molecule has 3 rings (SSSR count). The topological polar surface area (TPSA) is 50.8 Å². The van der Waals surface area contributed by atoms with Crippen molar-refractivity contribution in [3.05, 3.63) is 59.7 Å². The zero-order valence-corrected chi connectivity index (χ0v) is 16.1. The predicted molar refractivity (Wildman–Crippen MR) is 106 cm³/mol. The number of carbonyl (C=O) groups excluding carboxylic acids is 1. The van der Waals surface area contributed by atoms with Crippen LogP contribution in [-0.4, -0.2) is 44.7 Å². The molecule has 1 N–H and O–H groups in total. The number of hydrogen-bond acceptors (Lipinski definition) is 4. The molecule has 0 saturated carbocycles. The summed E-state index contributed by atoms with van der Waals surface area (Å²) in [5.74, 6) is 1.61. The van der Waals surface area contributed by atoms with Gasteiger partial charge in [-0.25, -0.2) is 0 Å². The molecule has 2 aromatic rings. The Morgan fingerprint density at radius 3 is 2.33 bits per heavy atom. The first kappa shape index (κ1) is 19.2. The van der Waals surface area contributed by atoms with Crippen LogP contribution < -0.4 is 14.8 Å². The Kier molecular flexibility index (Phi) is 6.71. The van der Waals surface area contributed by atoms with Crippen molar-refractivity contribution in [2.45, 2.75) is 25.3 Å². The lowest BCUT2D eigenvalue weighted by molar-refractivity contribution is -0.120. The average molecular weight is 368 g/mol. The number of amides is 1. The number of nitrogens with zero attached hydrogens (tertiary/aromatic N) is 1. The molecule has 1 saturated heterocycles. The van der Waals surface area contributed by atoms with E-state index in [1.165, 1.54) is 12.8 Å². The van der Waals surface area contributed by atoms with Crippen LogP contribution in [0.15, 0.2) is 48.5 Å². The van der Waals surface area contributed by atoms with E-state index in [1.54, 1.807) is 14.2 Å². The van der Waals surface area contributed by atoms with Crippen LogP contribution in [0.25, 0.3) is 0 Å². The summed E-state index contributed by atoms with van der Waals surface area (Å²) in [6, 6.07) is 15.8. The highest BCUT2D eigenvalue weighted by Gasteiger charge is 2.26. The van der Waals surface area contributed by atoms with Crippen LogP contribution in [0.4, 0.5) is 0 Å². The van der Waals surface area contributed by atoms with Crippen molar-refractivity contribution < 1.29 is 14.3 Å². The van der Waals surface area contributed by atoms with Gasteiger partial charge in [0.1, 0.15) is 11.5 Å². The lowest BCUT2D eigenvalue weighted by atomic mass is 10.0. The first-order valence-corrected chi connectivity index (χ1v) is 9.48. The second-order valence-electron chi connectivity index (χ2n) is 6.79. The molecular weight excluding hydrogens is 340 g/mol. The SMILES string of the molecule is COc1ccccc1CC(=O)NCC(c1ccccc1OC)N1CCCC1. The maximum Gasteiger partial charge on any atom is 0.224 e. The third-order valence-electron chi connectivity index (χ3n) is 5.12. The fraction of sp³-hybridized carbons (Fsp3) is 0.409. The minimum Gasteiger partial charge on any atom is -0.496 e. The van der Waals surface area contributed by atoms with Crippen LogP contribution in [0.1, 0.15) is 30.0 Å². The Hall–Kier alpha value is -2.53. The second-order valence-corrected chi connectivity index (χ2v) is 6.79. The molecule has 1 aliphatic heterocycles. The van der Waals surface area contributed by atoms with Gasteiger partial charge in [0.05, 0.1) is 26.7 Å². The number of para-hydroxylation sites is 2. The summed E-state index contributed by atoms with van der Waals surface area (Å²) in [6.07, 6.45) is 2.70. The molecule has 5 nitrogen and oxygen atoms in total. The van der Waals surface area contributed by atoms with E-state index in [-0.39, 0.29) is 11.9 Å². The van der Waals surface area contributed by atoms with Gasteiger partial charge >= 0.3 is 0 Å². The Morgan fingerprint density at radius 1 is 1.00 bits per heavy atom. The third kappa shape index (κ3) is 4.80. The fourth-order valence-corrected chi connectivity index (χ4v) is 3.73. The molecule has 0 aromatic heterocycles. The fourth-order valence-electron chi connectivity index (χ4n) is 3.73. The first-order chi connectivity index (χ1) is 13.2. The highest BCUT2D eigenvalue weighted by Crippen LogP contribution is 2.31. The standard InChI is InChI=1S/C22H28N2O3/c1-26-20-11-5-3-9-17(20)15-22(25)23-16-19(24-13-7-8-14-24)18-10-4-6-12-21(18)27-2/h3-6,9-12,19H,7-8,13-16H2,1-2H3,(H,23,25). The van der Waals surface area contributed by atoms with E-state index in [2.05, 4.69) is 16.3 Å². The Bertz CT molecular complexity index is 757. The average Bonchev–Trinajstić information content (AvgIpc) is 3.23. The van der Waals surface area contributed by atoms with Gasteiger partial charge in [-0.2, -0.15) is 0 Å². The van der Waals surface area contributed by atoms with E-state index in [4.69, 9.17) is 9.47 Å². The Morgan fingerprint density at radius 2 is 1.63 bits per heavy atom. The highest BCUT2D eigenvalue weighted by atomic mass is 16.5. The molecule has 1 amide bonds. The van der Waals surface area contributed by atoms with Gasteiger partial charge in [0.25, 0.3) is 0 Å². The van der Waals surface area contributed by atoms with E-state index in [1.807, 2.05) is 42.5 Å². The summed E-state index contributed by atoms with van der Waals surface area (Å²) in [6.45, 7) is 2.66. The predicted octanol–water partition coefficient (Wildman–Crippen LogP) is 3.20. The third-order valence-corrected chi connectivity index (χ3v) is 5.12. The zero-order chi connectivity index (χ0) is 19.1. The minimum atomic E-state index is -0.00130. The molecule has 1 aliphatic rings. The Labute approximate surface area is 161 Å². The van der Waals surface area contributed by atoms with Gasteiger partial charge in [0.15, 0.2) is 0 Å². The van der Waals surface area contributed by atoms with Gasteiger partial charge in [-0.3, -0.25) is 9.69 Å². The largest absolute Gasteiger partial charge is 0.496 e. The maximum absolute atomic E-state index is 12.6. The number of ether oxygens (including phenoxy) is 2. The summed E-state index contributed by atoms with van der Waals surface area (Å²) < 4.78 is 10.9. The molecule has 27 heavy (non-hydrogen) atoms. The van der Waals surface area contributed by atoms with E-state index in [0.29, 0.717) is 13.0 Å². The van der Waals surface area contributed by atoms with Crippen molar-refractivity contribution >= 4 is 5.91 Å². The summed E-state index contributed by atoms with van der Waals surface area (Å²) in [4.78, 5) is 15.0. The molecular formula is C22H28N2O3. The smallest absolute Gasteiger partial charge is 0.224 e. The number of likely N-dealkylation sites (tertiary alicyclic amines) is 1. The van der Waals surface area contributed by atoms with Gasteiger partial charge in [0.2, 0.25) is 5.91 Å². The molecule has 0 radical (unpaired) electrons. The van der Waals surface area contributed by atoms with Crippen LogP contribution in [0.2, 0.25) is 0 Å². The van der Waals surface area contributed by atoms with Crippen molar-refractivity contribution in [3.63, 3.8) is 0 Å². The molecule has 5 heteroatoms. The van der Waals surface area contributed by atoms with Crippen LogP contribution in [0.3, 0.4) is 0 Å². The number of nitrogens with one attached hydrogen (secondary N) is 1. The molecule has 0 spiro atoms. The number of rotatable bonds is 8. The molecule has 1 atom stereocenters. The minimum absolute atomic E-state index is 0.00130. The van der Waals surface area contributed by atoms with Gasteiger partial charge < -0.3 is 14.8 Å². The number of methoxy groups -OCH3 is 2. The quantitative estimate of drug-likeness (QED) is 0.777. The van der Waals surface area contributed by atoms with Crippen LogP contribution in [0.5, 0.6) is 11.5 Å². The van der Waals surface area contributed by atoms with E-state index < -0.39 is 0 Å². The monoisotopic (exact) mass is 368 g/mol. The molecule has 1 heterocycles. The van der Waals surface area contributed by atoms with Crippen molar-refractivity contribution in [2.75, 3.05) is 33.9 Å². The van der Waals surface area contributed by atoms with E-state index >= 15 is 0 Å². The van der Waals surface area contributed by atoms with Gasteiger partial charge in [-0.05, 0) is 38.1 Å². The van der Waals surface area contributed by atoms with Crippen LogP contribution in [-0.2, 0) is 11.2 Å². The van der Waals surface area contributed by atoms with Gasteiger partial charge in [-0.15, -0.1) is 0 Å². The van der Waals surface area contributed by atoms with E-state index in [9.17, 15) is 4.79 Å². The van der Waals surface area contributed by atoms with Gasteiger partial charge in [-0.1, -0.05) is 36.4 Å². The van der Waals surface area contributed by atoms with Crippen molar-refractivity contribution in [2.24, 2.45) is 0 Å². The first-order valence-electron chi connectivity index (χ1n) is 9.48. The van der Waals surface area contributed by atoms with Gasteiger partial charge in [0, 0.05) is 17.7 Å². The number of carbonyl (C=O) groups is 1. The molecule has 0 bridgehead atoms. The van der Waals surface area contributed by atoms with Crippen molar-refractivity contribution in [1.29, 1.82) is 0 Å². The van der Waals surface area contributed by atoms with Crippen molar-refractivity contribution in [1.82, 2.24) is 10.2 Å². The van der Waals surface area contributed by atoms with E-state index in [0.717, 1.165) is 35.7 Å². The van der Waals surface area contributed by atoms with Crippen LogP contribution in [0, 0.1) is 0 Å². The normalized spacial score (nSPS) is 15.3. The lowest BCUT2D eigenvalue weighted by Gasteiger charge is -2.29. The summed E-state index contributed by atoms with van der Waals surface area (Å²) in [7, 11) is 3.32. The van der Waals surface area contributed by atoms with Crippen LogP contribution >= 0.6 is 0 Å². The lowest BCUT2D eigenvalue weighted by Crippen LogP contribution is -2.37. The van der Waals surface area contributed by atoms with Crippen molar-refractivity contribution in [3.8, 4) is 11.5 Å². The second kappa shape index (κ2) is 9.42.